The molecule has 15 aromatic carbocycles. The number of rotatable bonds is 17. The van der Waals surface area contributed by atoms with E-state index in [1.807, 2.05) is 122 Å². The summed E-state index contributed by atoms with van der Waals surface area (Å²) in [6.07, 6.45) is 0. The van der Waals surface area contributed by atoms with Crippen molar-refractivity contribution in [3.05, 3.63) is 538 Å². The van der Waals surface area contributed by atoms with Gasteiger partial charge in [-0.25, -0.2) is 4.98 Å². The summed E-state index contributed by atoms with van der Waals surface area (Å²) in [6.45, 7) is 10.5. The van der Waals surface area contributed by atoms with Gasteiger partial charge in [-0.3, -0.25) is 24.3 Å². The summed E-state index contributed by atoms with van der Waals surface area (Å²) in [5.74, 6) is 0.00978. The molecule has 6 heterocycles. The van der Waals surface area contributed by atoms with Crippen LogP contribution in [0.15, 0.2) is 473 Å². The Labute approximate surface area is 877 Å². The third-order valence-electron chi connectivity index (χ3n) is 24.9. The minimum absolute atomic E-state index is 0. The van der Waals surface area contributed by atoms with Gasteiger partial charge in [0.25, 0.3) is 0 Å². The molecule has 21 rings (SSSR count). The number of nitrogens with two attached hydrogens (primary N) is 1. The fourth-order valence-corrected chi connectivity index (χ4v) is 40.8. The number of anilines is 1. The zero-order valence-corrected chi connectivity index (χ0v) is 92.8. The van der Waals surface area contributed by atoms with Gasteiger partial charge >= 0.3 is 0 Å². The molecular weight excluding hydrogens is 2650 g/mol. The number of hydrogen-bond donors (Lipinski definition) is 1. The van der Waals surface area contributed by atoms with Gasteiger partial charge in [0, 0.05) is 156 Å². The van der Waals surface area contributed by atoms with E-state index in [-0.39, 0.29) is 106 Å². The van der Waals surface area contributed by atoms with Crippen molar-refractivity contribution < 1.29 is 105 Å². The van der Waals surface area contributed by atoms with E-state index < -0.39 is 46.2 Å². The van der Waals surface area contributed by atoms with Crippen molar-refractivity contribution in [2.45, 2.75) is 34.2 Å². The standard InChI is InChI=1S/C28H22NSi.C25H18FN2Si.C24H18NSi.C24H20NSi.C18H17N2Si.5Ir/c1-22-11-10-18-28(29-22)30(25-14-4-2-5-15-25,26-16-6-3-7-17-26)27-20-19-23-12-8-9-13-24(23)21-27;1-19-9-8-14-25(28-19)29(21-10-4-2-5-11-21,22-12-6-3-7-13-22)23-15-16-24(26)20(17-23)18-27;1-18-10-9-17-24(25-18)26(19-11-3-2-4-12-19)22-15-7-5-13-20(22)21-14-6-8-16-23(21)26;1-20-12-11-19-24(25-20)26(21-13-5-2-6-14-21,22-15-7-3-8-16-22)23-17-9-4-10-18-23;1-21(15-9-4-2-5-10-15,16-11-6-3-7-12-16)18-14-8-13-17(19)20-18;;;;;/h2-19,21H,1H3;2-14,16-17H,1H3;2-11,13-17H,1H3;2-17,19H,1H3;2-11,13-14H,1H3,(H2,19,20);;;;;/q5*-1;;;;;. The van der Waals surface area contributed by atoms with Crippen LogP contribution in [0.1, 0.15) is 28.3 Å². The smallest absolute Gasteiger partial charge is 0.179 e. The molecule has 1 aliphatic heterocycles. The second-order valence-corrected chi connectivity index (χ2v) is 51.5. The molecule has 0 bridgehead atoms. The Hall–Kier alpha value is -12.1. The summed E-state index contributed by atoms with van der Waals surface area (Å²) in [4.78, 5) is 24.7. The van der Waals surface area contributed by atoms with Crippen molar-refractivity contribution in [1.82, 2.24) is 24.9 Å². The maximum absolute atomic E-state index is 14.2. The summed E-state index contributed by atoms with van der Waals surface area (Å²) in [5, 5.41) is 34.8. The van der Waals surface area contributed by atoms with Gasteiger partial charge in [-0.05, 0) is 152 Å². The first-order valence-electron chi connectivity index (χ1n) is 44.3. The van der Waals surface area contributed by atoms with Crippen molar-refractivity contribution in [1.29, 1.82) is 5.26 Å². The van der Waals surface area contributed by atoms with Crippen LogP contribution in [0.5, 0.6) is 0 Å². The number of nitrogens with zero attached hydrogens (tertiary/aromatic N) is 6. The van der Waals surface area contributed by atoms with E-state index in [1.165, 1.54) is 90.3 Å². The molecule has 0 aliphatic carbocycles. The predicted molar refractivity (Wildman–Crippen MR) is 558 cm³/mol. The van der Waals surface area contributed by atoms with Crippen LogP contribution in [0, 0.1) is 75.2 Å². The number of fused-ring (bicyclic) bond motifs is 4. The van der Waals surface area contributed by atoms with Gasteiger partial charge in [0.2, 0.25) is 0 Å². The van der Waals surface area contributed by atoms with Crippen LogP contribution in [0.4, 0.5) is 10.2 Å². The SMILES string of the molecule is C[Si](c1[c-]cccc1)(c1ccccc1)c1cccc(N)n1.Cc1cccc([Si](c2[c-]cc(F)c(C#N)c2)(c2ccccc2)c2ccccc2)n1.Cc1cccc([Si](c2[c-]cc3ccccc3c2)(c2ccccc2)c2ccccc2)n1.Cc1cccc([Si](c2[c-]cccc2)(c2ccccc2)c2ccccc2)n1.Cc1cccc([Si]2(c3[c-]cccc3)c3ccccc3-c3ccccc32)n1.[Ir].[Ir].[Ir].[Ir].[Ir]. The van der Waals surface area contributed by atoms with Gasteiger partial charge in [0.1, 0.15) is 13.9 Å². The molecule has 137 heavy (non-hydrogen) atoms. The normalized spacial score (nSPS) is 11.7. The van der Waals surface area contributed by atoms with Gasteiger partial charge < -0.3 is 5.73 Å². The number of pyridine rings is 5. The van der Waals surface area contributed by atoms with Crippen molar-refractivity contribution >= 4 is 156 Å². The molecule has 7 nitrogen and oxygen atoms in total. The Morgan fingerprint density at radius 2 is 0.628 bits per heavy atom. The third kappa shape index (κ3) is 21.4. The second-order valence-electron chi connectivity index (χ2n) is 32.9. The molecule has 0 amide bonds. The molecule has 0 saturated heterocycles. The first kappa shape index (κ1) is 104. The molecule has 2 N–H and O–H groups in total. The van der Waals surface area contributed by atoms with Crippen molar-refractivity contribution in [3.8, 4) is 17.2 Å². The van der Waals surface area contributed by atoms with Crippen LogP contribution in [-0.2, 0) is 101 Å². The molecule has 0 spiro atoms. The largest absolute Gasteiger partial charge is 0.384 e. The Morgan fingerprint density at radius 3 is 1.02 bits per heavy atom. The molecular formula is C119H95FIr5N7Si5-5. The van der Waals surface area contributed by atoms with E-state index in [9.17, 15) is 9.65 Å². The van der Waals surface area contributed by atoms with Crippen LogP contribution < -0.4 is 105 Å². The number of benzene rings is 15. The number of hydrogen-bond acceptors (Lipinski definition) is 7. The number of nitriles is 1. The topological polar surface area (TPSA) is 114 Å². The minimum Gasteiger partial charge on any atom is -0.384 e. The zero-order chi connectivity index (χ0) is 90.8. The maximum atomic E-state index is 14.2. The second kappa shape index (κ2) is 48.2. The maximum Gasteiger partial charge on any atom is 0.179 e. The molecule has 0 saturated carbocycles. The number of aryl methyl sites for hydroxylation is 4. The zero-order valence-electron chi connectivity index (χ0n) is 75.8. The Bertz CT molecular complexity index is 6980. The average Bonchev–Trinajstić information content (AvgIpc) is 1.54. The van der Waals surface area contributed by atoms with Crippen LogP contribution in [0.3, 0.4) is 0 Å². The molecule has 18 heteroatoms. The van der Waals surface area contributed by atoms with E-state index in [0.717, 1.165) is 59.6 Å². The predicted octanol–water partition coefficient (Wildman–Crippen LogP) is 13.0. The Balaban J connectivity index is 0.000000153. The van der Waals surface area contributed by atoms with E-state index in [4.69, 9.17) is 25.7 Å². The van der Waals surface area contributed by atoms with E-state index in [1.54, 1.807) is 6.07 Å². The molecule has 0 fully saturated rings. The minimum atomic E-state index is -2.89. The van der Waals surface area contributed by atoms with Crippen LogP contribution in [-0.4, -0.2) is 65.3 Å². The monoisotopic (exact) mass is 2750 g/mol. The van der Waals surface area contributed by atoms with Gasteiger partial charge in [-0.1, -0.05) is 316 Å². The molecule has 20 aromatic rings. The number of halogens is 1. The fraction of sp³-hybridized carbons (Fsp3) is 0.0420. The molecule has 1 unspecified atom stereocenters. The summed E-state index contributed by atoms with van der Waals surface area (Å²) in [7, 11) is -12.6. The van der Waals surface area contributed by atoms with Crippen LogP contribution >= 0.6 is 0 Å². The quantitative estimate of drug-likeness (QED) is 0.0549. The summed E-state index contributed by atoms with van der Waals surface area (Å²) in [6, 6.07) is 183. The number of aromatic nitrogens is 5. The molecule has 683 valence electrons. The first-order chi connectivity index (χ1) is 64.8. The molecule has 1 atom stereocenters. The Kier molecular flexibility index (Phi) is 36.5. The van der Waals surface area contributed by atoms with Gasteiger partial charge in [-0.2, -0.15) is 146 Å². The first-order valence-corrected chi connectivity index (χ1v) is 54.8. The summed E-state index contributed by atoms with van der Waals surface area (Å²) in [5.41, 5.74) is 12.7. The average molecular weight is 2740 g/mol. The summed E-state index contributed by atoms with van der Waals surface area (Å²) >= 11 is 0. The van der Waals surface area contributed by atoms with Crippen molar-refractivity contribution in [3.63, 3.8) is 0 Å². The van der Waals surface area contributed by atoms with E-state index in [2.05, 4.69) is 414 Å². The van der Waals surface area contributed by atoms with Gasteiger partial charge in [0.05, 0.1) is 6.07 Å². The molecule has 1 aliphatic rings. The Morgan fingerprint density at radius 1 is 0.292 bits per heavy atom. The van der Waals surface area contributed by atoms with Crippen molar-refractivity contribution in [2.24, 2.45) is 0 Å². The van der Waals surface area contributed by atoms with Crippen LogP contribution in [0.25, 0.3) is 21.9 Å². The summed E-state index contributed by atoms with van der Waals surface area (Å²) < 4.78 is 14.2. The fourth-order valence-electron chi connectivity index (χ4n) is 18.8. The van der Waals surface area contributed by atoms with E-state index in [0.29, 0.717) is 5.82 Å². The number of nitrogen functional groups attached to an aromatic ring is 1. The third-order valence-corrected chi connectivity index (χ3v) is 47.4. The molecule has 5 radical (unpaired) electrons. The van der Waals surface area contributed by atoms with Crippen LogP contribution in [0.2, 0.25) is 6.55 Å². The van der Waals surface area contributed by atoms with Crippen molar-refractivity contribution in [2.75, 3.05) is 5.73 Å². The molecule has 5 aromatic heterocycles. The van der Waals surface area contributed by atoms with Gasteiger partial charge in [0.15, 0.2) is 32.3 Å². The van der Waals surface area contributed by atoms with Gasteiger partial charge in [-0.15, -0.1) is 29.0 Å². The van der Waals surface area contributed by atoms with E-state index >= 15 is 0 Å².